The van der Waals surface area contributed by atoms with Gasteiger partial charge in [-0.3, -0.25) is 14.4 Å². The summed E-state index contributed by atoms with van der Waals surface area (Å²) in [6.45, 7) is 1.21. The van der Waals surface area contributed by atoms with Crippen molar-refractivity contribution in [2.24, 2.45) is 0 Å². The molecular weight excluding hydrogens is 429 g/mol. The number of benzene rings is 2. The lowest BCUT2D eigenvalue weighted by Gasteiger charge is -2.14. The molecule has 2 aromatic carbocycles. The summed E-state index contributed by atoms with van der Waals surface area (Å²) in [5, 5.41) is 25.0. The van der Waals surface area contributed by atoms with Gasteiger partial charge in [-0.15, -0.1) is 0 Å². The van der Waals surface area contributed by atoms with E-state index >= 15 is 0 Å². The highest BCUT2D eigenvalue weighted by Crippen LogP contribution is 2.28. The molecule has 3 N–H and O–H groups in total. The quantitative estimate of drug-likeness (QED) is 0.318. The van der Waals surface area contributed by atoms with Crippen LogP contribution in [0.3, 0.4) is 0 Å². The predicted molar refractivity (Wildman–Crippen MR) is 123 cm³/mol. The van der Waals surface area contributed by atoms with Gasteiger partial charge in [0, 0.05) is 22.6 Å². The third-order valence-electron chi connectivity index (χ3n) is 4.64. The first kappa shape index (κ1) is 22.9. The topological polar surface area (TPSA) is 137 Å². The molecule has 0 aliphatic carbocycles. The van der Waals surface area contributed by atoms with Gasteiger partial charge in [0.1, 0.15) is 6.54 Å². The molecule has 0 saturated carbocycles. The highest BCUT2D eigenvalue weighted by Gasteiger charge is 2.16. The van der Waals surface area contributed by atoms with E-state index in [0.717, 1.165) is 29.3 Å². The number of carboxylic acid groups (broad SMARTS) is 1. The number of rotatable bonds is 9. The monoisotopic (exact) mass is 449 g/mol. The number of nitrogens with one attached hydrogen (secondary N) is 2. The average molecular weight is 449 g/mol. The molecule has 162 valence electrons. The molecule has 0 saturated heterocycles. The Bertz CT molecular complexity index is 1220. The zero-order valence-electron chi connectivity index (χ0n) is 17.3. The summed E-state index contributed by atoms with van der Waals surface area (Å²) in [7, 11) is 0.720. The number of carbonyl (C=O) groups excluding carboxylic acids is 2. The van der Waals surface area contributed by atoms with Crippen LogP contribution >= 0.6 is 11.8 Å². The van der Waals surface area contributed by atoms with Gasteiger partial charge in [-0.2, -0.15) is 5.26 Å². The highest BCUT2D eigenvalue weighted by atomic mass is 32.2. The smallest absolute Gasteiger partial charge is 0.322 e. The number of carboxylic acids is 1. The lowest BCUT2D eigenvalue weighted by atomic mass is 9.78. The molecule has 0 atom stereocenters. The number of fused-ring (bicyclic) bond motifs is 1. The van der Waals surface area contributed by atoms with Gasteiger partial charge in [0.25, 0.3) is 0 Å². The molecule has 1 heterocycles. The van der Waals surface area contributed by atoms with E-state index in [1.807, 2.05) is 41.7 Å². The van der Waals surface area contributed by atoms with Crippen LogP contribution in [-0.4, -0.2) is 58.6 Å². The third-order valence-corrected chi connectivity index (χ3v) is 5.60. The van der Waals surface area contributed by atoms with Gasteiger partial charge < -0.3 is 20.3 Å². The molecule has 9 nitrogen and oxygen atoms in total. The minimum atomic E-state index is -1.16. The Morgan fingerprint density at radius 2 is 1.84 bits per heavy atom. The van der Waals surface area contributed by atoms with Crippen molar-refractivity contribution in [3.63, 3.8) is 0 Å². The minimum absolute atomic E-state index is 0.0284. The zero-order chi connectivity index (χ0) is 23.1. The number of nitriles is 1. The van der Waals surface area contributed by atoms with Crippen molar-refractivity contribution in [1.82, 2.24) is 20.2 Å². The number of carbonyl (C=O) groups is 3. The van der Waals surface area contributed by atoms with E-state index in [1.165, 1.54) is 11.8 Å². The van der Waals surface area contributed by atoms with Crippen molar-refractivity contribution < 1.29 is 19.5 Å². The molecule has 3 aromatic rings. The first-order valence-corrected chi connectivity index (χ1v) is 10.8. The fraction of sp³-hybridized carbons (Fsp3) is 0.190. The Hall–Kier alpha value is -3.78. The van der Waals surface area contributed by atoms with Crippen molar-refractivity contribution >= 4 is 53.2 Å². The molecule has 0 fully saturated rings. The lowest BCUT2D eigenvalue weighted by Crippen LogP contribution is -2.39. The molecule has 1 aromatic heterocycles. The molecule has 3 rings (SSSR count). The van der Waals surface area contributed by atoms with Gasteiger partial charge in [0.15, 0.2) is 12.4 Å². The maximum atomic E-state index is 12.2. The molecule has 0 aliphatic rings. The van der Waals surface area contributed by atoms with Crippen LogP contribution in [0.5, 0.6) is 0 Å². The van der Waals surface area contributed by atoms with Crippen LogP contribution < -0.4 is 16.2 Å². The Morgan fingerprint density at radius 1 is 1.12 bits per heavy atom. The van der Waals surface area contributed by atoms with Gasteiger partial charge in [-0.25, -0.2) is 4.98 Å². The Kier molecular flexibility index (Phi) is 7.52. The number of aromatic nitrogens is 2. The first-order valence-electron chi connectivity index (χ1n) is 9.81. The van der Waals surface area contributed by atoms with Gasteiger partial charge >= 0.3 is 5.97 Å². The summed E-state index contributed by atoms with van der Waals surface area (Å²) in [6, 6.07) is 13.5. The van der Waals surface area contributed by atoms with E-state index in [9.17, 15) is 19.6 Å². The van der Waals surface area contributed by atoms with Crippen LogP contribution in [0.25, 0.3) is 16.5 Å². The number of amides is 2. The SMILES string of the molecule is CBc1cnc(SCC(=O)NCC(=O)NCC(=O)O)n1-c1ccc(C#N)c2ccccc12. The number of aliphatic carboxylic acids is 1. The summed E-state index contributed by atoms with van der Waals surface area (Å²) in [5.74, 6) is -2.09. The number of nitrogens with zero attached hydrogens (tertiary/aromatic N) is 3. The van der Waals surface area contributed by atoms with E-state index < -0.39 is 18.4 Å². The molecule has 0 spiro atoms. The maximum Gasteiger partial charge on any atom is 0.322 e. The van der Waals surface area contributed by atoms with Crippen LogP contribution in [0.15, 0.2) is 47.8 Å². The Morgan fingerprint density at radius 3 is 2.53 bits per heavy atom. The molecule has 11 heteroatoms. The van der Waals surface area contributed by atoms with Crippen LogP contribution in [0, 0.1) is 11.3 Å². The summed E-state index contributed by atoms with van der Waals surface area (Å²) >= 11 is 1.22. The van der Waals surface area contributed by atoms with Crippen LogP contribution in [0.1, 0.15) is 5.56 Å². The fourth-order valence-corrected chi connectivity index (χ4v) is 3.98. The van der Waals surface area contributed by atoms with Crippen LogP contribution in [0.4, 0.5) is 0 Å². The summed E-state index contributed by atoms with van der Waals surface area (Å²) in [5.41, 5.74) is 2.40. The summed E-state index contributed by atoms with van der Waals surface area (Å²) in [6.07, 6.45) is 1.76. The van der Waals surface area contributed by atoms with Gasteiger partial charge in [0.05, 0.1) is 29.6 Å². The molecule has 0 bridgehead atoms. The normalized spacial score (nSPS) is 10.4. The van der Waals surface area contributed by atoms with Gasteiger partial charge in [-0.1, -0.05) is 42.9 Å². The van der Waals surface area contributed by atoms with Crippen molar-refractivity contribution in [2.75, 3.05) is 18.8 Å². The van der Waals surface area contributed by atoms with Crippen LogP contribution in [0.2, 0.25) is 6.82 Å². The highest BCUT2D eigenvalue weighted by molar-refractivity contribution is 7.99. The zero-order valence-corrected chi connectivity index (χ0v) is 18.1. The van der Waals surface area contributed by atoms with Crippen molar-refractivity contribution in [3.8, 4) is 11.8 Å². The van der Waals surface area contributed by atoms with Crippen molar-refractivity contribution in [1.29, 1.82) is 5.26 Å². The van der Waals surface area contributed by atoms with Crippen LogP contribution in [-0.2, 0) is 14.4 Å². The molecular formula is C21H20BN5O4S. The molecule has 0 unspecified atom stereocenters. The Balaban J connectivity index is 1.78. The molecule has 2 amide bonds. The second-order valence-corrected chi connectivity index (χ2v) is 7.69. The summed E-state index contributed by atoms with van der Waals surface area (Å²) in [4.78, 5) is 38.7. The van der Waals surface area contributed by atoms with E-state index in [2.05, 4.69) is 21.7 Å². The molecule has 0 radical (unpaired) electrons. The number of hydrogen-bond donors (Lipinski definition) is 3. The first-order chi connectivity index (χ1) is 15.4. The Labute approximate surface area is 189 Å². The van der Waals surface area contributed by atoms with E-state index in [0.29, 0.717) is 10.7 Å². The predicted octanol–water partition coefficient (Wildman–Crippen LogP) is 0.416. The standard InChI is InChI=1S/C21H20BN5O4S/c1-22-17-9-26-21(32-12-19(29)24-10-18(28)25-11-20(30)31)27(17)16-7-6-13(8-23)14-4-2-3-5-15(14)16/h2-7,9,22H,10-12H2,1H3,(H,24,29)(H,25,28)(H,30,31). The van der Waals surface area contributed by atoms with Crippen molar-refractivity contribution in [2.45, 2.75) is 12.0 Å². The van der Waals surface area contributed by atoms with Gasteiger partial charge in [0.2, 0.25) is 11.8 Å². The lowest BCUT2D eigenvalue weighted by molar-refractivity contribution is -0.137. The number of thioether (sulfide) groups is 1. The fourth-order valence-electron chi connectivity index (χ4n) is 3.15. The molecule has 32 heavy (non-hydrogen) atoms. The van der Waals surface area contributed by atoms with E-state index in [4.69, 9.17) is 5.11 Å². The second kappa shape index (κ2) is 10.5. The van der Waals surface area contributed by atoms with Gasteiger partial charge in [-0.05, 0) is 12.1 Å². The maximum absolute atomic E-state index is 12.2. The largest absolute Gasteiger partial charge is 0.480 e. The average Bonchev–Trinajstić information content (AvgIpc) is 3.21. The molecule has 0 aliphatic heterocycles. The minimum Gasteiger partial charge on any atom is -0.480 e. The van der Waals surface area contributed by atoms with Crippen molar-refractivity contribution in [3.05, 3.63) is 48.2 Å². The third kappa shape index (κ3) is 5.28. The second-order valence-electron chi connectivity index (χ2n) is 6.75. The van der Waals surface area contributed by atoms with E-state index in [-0.39, 0.29) is 18.2 Å². The van der Waals surface area contributed by atoms with E-state index in [1.54, 1.807) is 12.3 Å². The summed E-state index contributed by atoms with van der Waals surface area (Å²) < 4.78 is 1.97. The number of hydrogen-bond acceptors (Lipinski definition) is 6. The number of imidazole rings is 1.